The number of para-hydroxylation sites is 1. The van der Waals surface area contributed by atoms with Crippen molar-refractivity contribution >= 4 is 5.97 Å². The van der Waals surface area contributed by atoms with Gasteiger partial charge in [0, 0.05) is 0 Å². The highest BCUT2D eigenvalue weighted by molar-refractivity contribution is 5.91. The number of carbonyl (C=O) groups excluding carboxylic acids is 1. The monoisotopic (exact) mass is 370 g/mol. The van der Waals surface area contributed by atoms with Crippen LogP contribution in [-0.4, -0.2) is 11.6 Å². The van der Waals surface area contributed by atoms with Crippen molar-refractivity contribution in [2.24, 2.45) is 5.92 Å². The fourth-order valence-electron chi connectivity index (χ4n) is 3.77. The molecule has 2 aromatic carbocycles. The van der Waals surface area contributed by atoms with Crippen LogP contribution >= 0.6 is 0 Å². The molecule has 3 rings (SSSR count). The molecular weight excluding hydrogens is 343 g/mol. The van der Waals surface area contributed by atoms with Gasteiger partial charge in [-0.1, -0.05) is 44.4 Å². The molecule has 0 heterocycles. The molecule has 1 saturated carbocycles. The molecule has 0 N–H and O–H groups in total. The number of benzene rings is 2. The first-order valence-corrected chi connectivity index (χ1v) is 9.77. The molecule has 27 heavy (non-hydrogen) atoms. The van der Waals surface area contributed by atoms with Gasteiger partial charge in [0.05, 0.1) is 5.56 Å². The van der Waals surface area contributed by atoms with Crippen molar-refractivity contribution in [3.63, 3.8) is 0 Å². The van der Waals surface area contributed by atoms with Crippen LogP contribution in [-0.2, 0) is 0 Å². The maximum atomic E-state index is 14.4. The van der Waals surface area contributed by atoms with E-state index in [2.05, 4.69) is 13.8 Å². The molecule has 2 aromatic rings. The third-order valence-corrected chi connectivity index (χ3v) is 5.63. The molecular formula is C23H27FO3. The number of rotatable bonds is 6. The second-order valence-corrected chi connectivity index (χ2v) is 7.45. The van der Waals surface area contributed by atoms with Crippen molar-refractivity contribution in [2.45, 2.75) is 58.0 Å². The second kappa shape index (κ2) is 8.55. The lowest BCUT2D eigenvalue weighted by atomic mass is 9.76. The minimum Gasteiger partial charge on any atom is -0.484 e. The molecule has 144 valence electrons. The Labute approximate surface area is 160 Å². The molecule has 0 bridgehead atoms. The van der Waals surface area contributed by atoms with Crippen LogP contribution in [0.3, 0.4) is 0 Å². The van der Waals surface area contributed by atoms with E-state index in [1.807, 2.05) is 6.07 Å². The summed E-state index contributed by atoms with van der Waals surface area (Å²) in [6.45, 7) is 4.12. The average Bonchev–Trinajstić information content (AvgIpc) is 2.71. The Morgan fingerprint density at radius 2 is 1.81 bits per heavy atom. The molecule has 0 spiro atoms. The number of ether oxygens (including phenoxy) is 2. The van der Waals surface area contributed by atoms with E-state index >= 15 is 0 Å². The Bertz CT molecular complexity index is 768. The molecule has 0 aromatic heterocycles. The Morgan fingerprint density at radius 1 is 1.11 bits per heavy atom. The Morgan fingerprint density at radius 3 is 2.48 bits per heavy atom. The maximum Gasteiger partial charge on any atom is 0.343 e. The Kier molecular flexibility index (Phi) is 6.15. The lowest BCUT2D eigenvalue weighted by Gasteiger charge is -2.39. The maximum absolute atomic E-state index is 14.4. The summed E-state index contributed by atoms with van der Waals surface area (Å²) in [4.78, 5) is 12.4. The quantitative estimate of drug-likeness (QED) is 0.450. The van der Waals surface area contributed by atoms with E-state index in [4.69, 9.17) is 9.47 Å². The average molecular weight is 370 g/mol. The van der Waals surface area contributed by atoms with Gasteiger partial charge in [0.25, 0.3) is 0 Å². The van der Waals surface area contributed by atoms with Gasteiger partial charge in [-0.15, -0.1) is 0 Å². The second-order valence-electron chi connectivity index (χ2n) is 7.45. The molecule has 4 heteroatoms. The minimum atomic E-state index is -0.526. The fraction of sp³-hybridized carbons (Fsp3) is 0.435. The van der Waals surface area contributed by atoms with E-state index in [1.54, 1.807) is 24.3 Å². The van der Waals surface area contributed by atoms with Crippen LogP contribution in [0, 0.1) is 11.7 Å². The van der Waals surface area contributed by atoms with Crippen LogP contribution in [0.1, 0.15) is 62.7 Å². The van der Waals surface area contributed by atoms with Crippen molar-refractivity contribution in [1.82, 2.24) is 0 Å². The number of hydrogen-bond acceptors (Lipinski definition) is 3. The van der Waals surface area contributed by atoms with Gasteiger partial charge in [0.1, 0.15) is 11.4 Å². The highest BCUT2D eigenvalue weighted by Gasteiger charge is 2.36. The highest BCUT2D eigenvalue weighted by Crippen LogP contribution is 2.38. The Hall–Kier alpha value is -2.36. The van der Waals surface area contributed by atoms with Gasteiger partial charge in [-0.2, -0.15) is 0 Å². The van der Waals surface area contributed by atoms with Crippen molar-refractivity contribution in [2.75, 3.05) is 0 Å². The molecule has 3 nitrogen and oxygen atoms in total. The number of hydrogen-bond donors (Lipinski definition) is 0. The molecule has 1 aliphatic carbocycles. The lowest BCUT2D eigenvalue weighted by molar-refractivity contribution is 0.00163. The van der Waals surface area contributed by atoms with Crippen molar-refractivity contribution < 1.29 is 18.7 Å². The standard InChI is InChI=1S/C23H27FO3/c1-3-23(2,18-10-6-4-7-11-18)27-21-16-17(14-15-20(21)24)22(25)26-19-12-8-5-9-13-19/h5,8-9,12-16,18H,3-4,6-7,10-11H2,1-2H3. The van der Waals surface area contributed by atoms with Crippen molar-refractivity contribution in [3.05, 3.63) is 59.9 Å². The van der Waals surface area contributed by atoms with Crippen LogP contribution in [0.25, 0.3) is 0 Å². The summed E-state index contributed by atoms with van der Waals surface area (Å²) >= 11 is 0. The molecule has 1 fully saturated rings. The molecule has 0 radical (unpaired) electrons. The van der Waals surface area contributed by atoms with Crippen LogP contribution in [0.5, 0.6) is 11.5 Å². The summed E-state index contributed by atoms with van der Waals surface area (Å²) in [7, 11) is 0. The summed E-state index contributed by atoms with van der Waals surface area (Å²) in [5, 5.41) is 0. The van der Waals surface area contributed by atoms with Gasteiger partial charge in [-0.05, 0) is 62.4 Å². The Balaban J connectivity index is 1.79. The topological polar surface area (TPSA) is 35.5 Å². The lowest BCUT2D eigenvalue weighted by Crippen LogP contribution is -2.41. The zero-order chi connectivity index (χ0) is 19.3. The molecule has 0 aliphatic heterocycles. The first kappa shape index (κ1) is 19.4. The zero-order valence-corrected chi connectivity index (χ0v) is 16.0. The van der Waals surface area contributed by atoms with Gasteiger partial charge in [0.15, 0.2) is 11.6 Å². The predicted octanol–water partition coefficient (Wildman–Crippen LogP) is 6.17. The fourth-order valence-corrected chi connectivity index (χ4v) is 3.77. The minimum absolute atomic E-state index is 0.118. The zero-order valence-electron chi connectivity index (χ0n) is 16.0. The van der Waals surface area contributed by atoms with Crippen molar-refractivity contribution in [1.29, 1.82) is 0 Å². The normalized spacial score (nSPS) is 17.1. The van der Waals surface area contributed by atoms with Crippen LogP contribution in [0.2, 0.25) is 0 Å². The van der Waals surface area contributed by atoms with Crippen molar-refractivity contribution in [3.8, 4) is 11.5 Å². The first-order chi connectivity index (χ1) is 13.0. The van der Waals surface area contributed by atoms with Crippen LogP contribution < -0.4 is 9.47 Å². The van der Waals surface area contributed by atoms with Gasteiger partial charge in [0.2, 0.25) is 0 Å². The molecule has 1 atom stereocenters. The summed E-state index contributed by atoms with van der Waals surface area (Å²) in [5.41, 5.74) is -0.166. The predicted molar refractivity (Wildman–Crippen MR) is 104 cm³/mol. The first-order valence-electron chi connectivity index (χ1n) is 9.77. The molecule has 0 amide bonds. The SMILES string of the molecule is CCC(C)(Oc1cc(C(=O)Oc2ccccc2)ccc1F)C1CCCCC1. The van der Waals surface area contributed by atoms with E-state index in [0.29, 0.717) is 11.7 Å². The van der Waals surface area contributed by atoms with E-state index < -0.39 is 17.4 Å². The van der Waals surface area contributed by atoms with E-state index in [0.717, 1.165) is 19.3 Å². The van der Waals surface area contributed by atoms with E-state index in [-0.39, 0.29) is 11.3 Å². The molecule has 1 aliphatic rings. The largest absolute Gasteiger partial charge is 0.484 e. The highest BCUT2D eigenvalue weighted by atomic mass is 19.1. The van der Waals surface area contributed by atoms with Gasteiger partial charge in [-0.25, -0.2) is 9.18 Å². The summed E-state index contributed by atoms with van der Waals surface area (Å²) in [5.74, 6) is -0.0124. The van der Waals surface area contributed by atoms with Gasteiger partial charge >= 0.3 is 5.97 Å². The van der Waals surface area contributed by atoms with Crippen LogP contribution in [0.15, 0.2) is 48.5 Å². The number of carbonyl (C=O) groups is 1. The third-order valence-electron chi connectivity index (χ3n) is 5.63. The van der Waals surface area contributed by atoms with E-state index in [9.17, 15) is 9.18 Å². The van der Waals surface area contributed by atoms with E-state index in [1.165, 1.54) is 37.5 Å². The summed E-state index contributed by atoms with van der Waals surface area (Å²) in [6.07, 6.45) is 6.62. The molecule has 1 unspecified atom stereocenters. The number of esters is 1. The van der Waals surface area contributed by atoms with Gasteiger partial charge in [-0.3, -0.25) is 0 Å². The smallest absolute Gasteiger partial charge is 0.343 e. The van der Waals surface area contributed by atoms with Crippen LogP contribution in [0.4, 0.5) is 4.39 Å². The third kappa shape index (κ3) is 4.68. The summed E-state index contributed by atoms with van der Waals surface area (Å²) < 4.78 is 25.9. The van der Waals surface area contributed by atoms with Gasteiger partial charge < -0.3 is 9.47 Å². The molecule has 0 saturated heterocycles. The number of halogens is 1. The summed E-state index contributed by atoms with van der Waals surface area (Å²) in [6, 6.07) is 13.0.